The number of nitrogens with two attached hydrogens (primary N) is 2. The molecule has 1 aromatic carbocycles. The number of nitrogens with zero attached hydrogens (tertiary/aromatic N) is 4. The Balaban J connectivity index is 1.75. The van der Waals surface area contributed by atoms with Gasteiger partial charge in [0.15, 0.2) is 0 Å². The van der Waals surface area contributed by atoms with E-state index in [4.69, 9.17) is 28.5 Å². The number of hydrogen-bond donors (Lipinski definition) is 3. The van der Waals surface area contributed by atoms with Gasteiger partial charge in [0.25, 0.3) is 0 Å². The zero-order valence-electron chi connectivity index (χ0n) is 15.6. The number of benzene rings is 1. The number of nitrogen functional groups attached to an aromatic ring is 1. The maximum absolute atomic E-state index is 7.95. The molecule has 3 rings (SSSR count). The van der Waals surface area contributed by atoms with Gasteiger partial charge in [0, 0.05) is 36.4 Å². The molecule has 1 aliphatic heterocycles. The largest absolute Gasteiger partial charge is 0.383 e. The average Bonchev–Trinajstić information content (AvgIpc) is 2.69. The summed E-state index contributed by atoms with van der Waals surface area (Å²) < 4.78 is 0.202. The van der Waals surface area contributed by atoms with Crippen LogP contribution in [0.2, 0.25) is 5.02 Å². The number of piperidine rings is 1. The van der Waals surface area contributed by atoms with Crippen LogP contribution in [0.3, 0.4) is 0 Å². The molecular formula is C19H25BrClN7. The Labute approximate surface area is 178 Å². The van der Waals surface area contributed by atoms with Crippen molar-refractivity contribution in [2.75, 3.05) is 41.7 Å². The molecule has 0 bridgehead atoms. The molecule has 150 valence electrons. The summed E-state index contributed by atoms with van der Waals surface area (Å²) in [6, 6.07) is 8.41. The summed E-state index contributed by atoms with van der Waals surface area (Å²) in [6.45, 7) is 3.25. The van der Waals surface area contributed by atoms with E-state index < -0.39 is 0 Å². The van der Waals surface area contributed by atoms with Crippen molar-refractivity contribution in [3.8, 4) is 0 Å². The van der Waals surface area contributed by atoms with Gasteiger partial charge >= 0.3 is 0 Å². The Morgan fingerprint density at radius 1 is 1.25 bits per heavy atom. The highest BCUT2D eigenvalue weighted by atomic mass is 79.9. The zero-order valence-corrected chi connectivity index (χ0v) is 18.0. The highest BCUT2D eigenvalue weighted by Gasteiger charge is 2.27. The molecule has 1 aliphatic rings. The molecule has 28 heavy (non-hydrogen) atoms. The summed E-state index contributed by atoms with van der Waals surface area (Å²) in [5.41, 5.74) is 13.5. The molecule has 0 spiro atoms. The van der Waals surface area contributed by atoms with Crippen LogP contribution in [-0.4, -0.2) is 46.8 Å². The van der Waals surface area contributed by atoms with Crippen molar-refractivity contribution in [3.05, 3.63) is 41.2 Å². The minimum atomic E-state index is 0.202. The number of anilines is 3. The van der Waals surface area contributed by atoms with Crippen molar-refractivity contribution in [2.45, 2.75) is 25.3 Å². The van der Waals surface area contributed by atoms with Gasteiger partial charge in [0.05, 0.1) is 5.56 Å². The second-order valence-electron chi connectivity index (χ2n) is 6.80. The highest BCUT2D eigenvalue weighted by Crippen LogP contribution is 2.30. The van der Waals surface area contributed by atoms with Crippen LogP contribution in [0.1, 0.15) is 24.8 Å². The molecule has 2 aromatic rings. The summed E-state index contributed by atoms with van der Waals surface area (Å²) in [5.74, 6) is 1.03. The van der Waals surface area contributed by atoms with Crippen molar-refractivity contribution >= 4 is 49.5 Å². The van der Waals surface area contributed by atoms with Crippen LogP contribution < -0.4 is 21.3 Å². The van der Waals surface area contributed by atoms with Gasteiger partial charge < -0.3 is 21.3 Å². The molecular weight excluding hydrogens is 442 g/mol. The summed E-state index contributed by atoms with van der Waals surface area (Å²) in [7, 11) is 0. The SMILES string of the molecule is N=C(Br)c1c(N)ncnc1N1CCC(N(CCCN)c2ccc(Cl)cc2)CC1. The molecule has 1 fully saturated rings. The van der Waals surface area contributed by atoms with Crippen LogP contribution in [0.15, 0.2) is 30.6 Å². The van der Waals surface area contributed by atoms with Crippen molar-refractivity contribution in [1.82, 2.24) is 9.97 Å². The number of hydrogen-bond acceptors (Lipinski definition) is 7. The first kappa shape index (κ1) is 20.8. The summed E-state index contributed by atoms with van der Waals surface area (Å²) in [5, 5.41) is 8.69. The molecule has 0 aliphatic carbocycles. The topological polar surface area (TPSA) is 108 Å². The van der Waals surface area contributed by atoms with Crippen LogP contribution in [-0.2, 0) is 0 Å². The number of rotatable bonds is 7. The summed E-state index contributed by atoms with van der Waals surface area (Å²) in [4.78, 5) is 13.0. The zero-order chi connectivity index (χ0) is 20.1. The Kier molecular flexibility index (Phi) is 7.09. The molecule has 0 saturated carbocycles. The molecule has 1 aromatic heterocycles. The molecule has 9 heteroatoms. The minimum absolute atomic E-state index is 0.202. The third kappa shape index (κ3) is 4.74. The van der Waals surface area contributed by atoms with Gasteiger partial charge in [0.1, 0.15) is 22.6 Å². The lowest BCUT2D eigenvalue weighted by molar-refractivity contribution is 0.460. The van der Waals surface area contributed by atoms with E-state index in [-0.39, 0.29) is 4.62 Å². The van der Waals surface area contributed by atoms with E-state index in [1.807, 2.05) is 12.1 Å². The van der Waals surface area contributed by atoms with Crippen LogP contribution >= 0.6 is 27.5 Å². The second-order valence-corrected chi connectivity index (χ2v) is 8.03. The lowest BCUT2D eigenvalue weighted by atomic mass is 10.0. The lowest BCUT2D eigenvalue weighted by Crippen LogP contribution is -2.46. The van der Waals surface area contributed by atoms with E-state index in [0.717, 1.165) is 43.9 Å². The van der Waals surface area contributed by atoms with E-state index in [0.29, 0.717) is 29.8 Å². The summed E-state index contributed by atoms with van der Waals surface area (Å²) >= 11 is 9.27. The van der Waals surface area contributed by atoms with Gasteiger partial charge in [-0.3, -0.25) is 5.41 Å². The molecule has 2 heterocycles. The van der Waals surface area contributed by atoms with Crippen molar-refractivity contribution in [1.29, 1.82) is 5.41 Å². The number of aromatic nitrogens is 2. The van der Waals surface area contributed by atoms with Gasteiger partial charge in [-0.25, -0.2) is 9.97 Å². The van der Waals surface area contributed by atoms with Crippen molar-refractivity contribution < 1.29 is 0 Å². The average molecular weight is 467 g/mol. The van der Waals surface area contributed by atoms with Gasteiger partial charge in [0.2, 0.25) is 0 Å². The van der Waals surface area contributed by atoms with E-state index in [9.17, 15) is 0 Å². The molecule has 1 saturated heterocycles. The molecule has 0 radical (unpaired) electrons. The minimum Gasteiger partial charge on any atom is -0.383 e. The Bertz CT molecular complexity index is 806. The molecule has 0 atom stereocenters. The summed E-state index contributed by atoms with van der Waals surface area (Å²) in [6.07, 6.45) is 4.35. The predicted octanol–water partition coefficient (Wildman–Crippen LogP) is 3.26. The molecule has 0 amide bonds. The Morgan fingerprint density at radius 2 is 1.93 bits per heavy atom. The fourth-order valence-corrected chi connectivity index (χ4v) is 4.15. The quantitative estimate of drug-likeness (QED) is 0.541. The maximum atomic E-state index is 7.95. The first-order valence-corrected chi connectivity index (χ1v) is 10.5. The van der Waals surface area contributed by atoms with Crippen LogP contribution in [0, 0.1) is 5.41 Å². The van der Waals surface area contributed by atoms with E-state index in [1.54, 1.807) is 0 Å². The third-order valence-corrected chi connectivity index (χ3v) is 5.69. The van der Waals surface area contributed by atoms with Crippen molar-refractivity contribution in [3.63, 3.8) is 0 Å². The smallest absolute Gasteiger partial charge is 0.144 e. The second kappa shape index (κ2) is 9.54. The molecule has 5 N–H and O–H groups in total. The van der Waals surface area contributed by atoms with E-state index >= 15 is 0 Å². The monoisotopic (exact) mass is 465 g/mol. The standard InChI is InChI=1S/C19H25BrClN7/c20-17(23)16-18(24)25-12-26-19(16)27-10-6-15(7-11-27)28(9-1-8-22)14-4-2-13(21)3-5-14/h2-5,12,15,23H,1,6-11,22H2,(H2,24,25,26). The fraction of sp³-hybridized carbons (Fsp3) is 0.421. The number of halogens is 2. The van der Waals surface area contributed by atoms with Gasteiger partial charge in [-0.1, -0.05) is 11.6 Å². The third-order valence-electron chi connectivity index (χ3n) is 5.04. The van der Waals surface area contributed by atoms with Crippen molar-refractivity contribution in [2.24, 2.45) is 5.73 Å². The maximum Gasteiger partial charge on any atom is 0.144 e. The van der Waals surface area contributed by atoms with E-state index in [1.165, 1.54) is 12.0 Å². The highest BCUT2D eigenvalue weighted by molar-refractivity contribution is 9.18. The molecule has 0 unspecified atom stereocenters. The van der Waals surface area contributed by atoms with Crippen LogP contribution in [0.4, 0.5) is 17.3 Å². The van der Waals surface area contributed by atoms with Gasteiger partial charge in [-0.15, -0.1) is 0 Å². The molecule has 7 nitrogen and oxygen atoms in total. The number of nitrogens with one attached hydrogen (secondary N) is 1. The predicted molar refractivity (Wildman–Crippen MR) is 120 cm³/mol. The first-order chi connectivity index (χ1) is 13.5. The van der Waals surface area contributed by atoms with E-state index in [2.05, 4.69) is 47.8 Å². The lowest BCUT2D eigenvalue weighted by Gasteiger charge is -2.40. The van der Waals surface area contributed by atoms with Gasteiger partial charge in [-0.2, -0.15) is 0 Å². The van der Waals surface area contributed by atoms with Gasteiger partial charge in [-0.05, 0) is 66.0 Å². The normalized spacial score (nSPS) is 14.9. The Morgan fingerprint density at radius 3 is 2.54 bits per heavy atom. The Hall–Kier alpha value is -1.90. The van der Waals surface area contributed by atoms with Crippen LogP contribution in [0.5, 0.6) is 0 Å². The first-order valence-electron chi connectivity index (χ1n) is 9.33. The fourth-order valence-electron chi connectivity index (χ4n) is 3.65. The van der Waals surface area contributed by atoms with Crippen LogP contribution in [0.25, 0.3) is 0 Å².